The normalized spacial score (nSPS) is 26.5. The Bertz CT molecular complexity index is 2240. The zero-order valence-corrected chi connectivity index (χ0v) is 32.7. The number of rotatable bonds is 7. The molecule has 2 aromatic heterocycles. The van der Waals surface area contributed by atoms with Crippen molar-refractivity contribution in [2.24, 2.45) is 5.92 Å². The van der Waals surface area contributed by atoms with Crippen LogP contribution < -0.4 is 25.7 Å². The summed E-state index contributed by atoms with van der Waals surface area (Å²) in [6, 6.07) is 4.04. The van der Waals surface area contributed by atoms with E-state index in [2.05, 4.69) is 20.5 Å². The molecule has 2 saturated carbocycles. The molecular weight excluding hydrogens is 745 g/mol. The lowest BCUT2D eigenvalue weighted by atomic mass is 10.0. The van der Waals surface area contributed by atoms with E-state index >= 15 is 0 Å². The molecule has 5 atom stereocenters. The zero-order chi connectivity index (χ0) is 40.0. The highest BCUT2D eigenvalue weighted by atomic mass is 32.2. The number of nitrogens with zero attached hydrogens (tertiary/aromatic N) is 3. The Labute approximate surface area is 324 Å². The van der Waals surface area contributed by atoms with E-state index in [4.69, 9.17) is 13.9 Å². The second-order valence-corrected chi connectivity index (χ2v) is 18.0. The predicted molar refractivity (Wildman–Crippen MR) is 204 cm³/mol. The van der Waals surface area contributed by atoms with Gasteiger partial charge >= 0.3 is 11.7 Å². The largest absolute Gasteiger partial charge is 0.491 e. The van der Waals surface area contributed by atoms with E-state index in [0.717, 1.165) is 18.2 Å². The van der Waals surface area contributed by atoms with Crippen molar-refractivity contribution in [2.75, 3.05) is 13.7 Å². The predicted octanol–water partition coefficient (Wildman–Crippen LogP) is 3.70. The van der Waals surface area contributed by atoms with Crippen molar-refractivity contribution in [3.8, 4) is 16.9 Å². The first-order valence-electron chi connectivity index (χ1n) is 19.1. The van der Waals surface area contributed by atoms with Gasteiger partial charge in [0.05, 0.1) is 36.4 Å². The number of nitrogens with one attached hydrogen (secondary N) is 3. The van der Waals surface area contributed by atoms with Crippen LogP contribution in [-0.4, -0.2) is 89.0 Å². The quantitative estimate of drug-likeness (QED) is 0.294. The van der Waals surface area contributed by atoms with Crippen LogP contribution in [-0.2, 0) is 29.1 Å². The molecule has 1 aromatic carbocycles. The number of methoxy groups -OCH3 is 1. The third kappa shape index (κ3) is 7.90. The lowest BCUT2D eigenvalue weighted by Gasteiger charge is -2.30. The summed E-state index contributed by atoms with van der Waals surface area (Å²) in [4.78, 5) is 71.3. The summed E-state index contributed by atoms with van der Waals surface area (Å²) in [5.74, 6) is -2.59. The second-order valence-electron chi connectivity index (χ2n) is 16.1. The van der Waals surface area contributed by atoms with Crippen LogP contribution in [0.2, 0.25) is 0 Å². The number of ether oxygens (including phenoxy) is 2. The second kappa shape index (κ2) is 15.0. The minimum Gasteiger partial charge on any atom is -0.491 e. The molecule has 2 aliphatic carbocycles. The fraction of sp³-hybridized carbons (Fsp3) is 0.538. The Hall–Kier alpha value is -5.19. The number of allylic oxidation sites excluding steroid dienone is 1. The topological polar surface area (TPSA) is 208 Å². The van der Waals surface area contributed by atoms with Gasteiger partial charge in [0, 0.05) is 24.3 Å². The Morgan fingerprint density at radius 3 is 2.57 bits per heavy atom. The van der Waals surface area contributed by atoms with Gasteiger partial charge in [-0.25, -0.2) is 17.9 Å². The minimum absolute atomic E-state index is 0.00138. The first-order chi connectivity index (χ1) is 26.6. The number of carbonyl (C=O) groups excluding carboxylic acids is 4. The van der Waals surface area contributed by atoms with Crippen molar-refractivity contribution in [1.29, 1.82) is 0 Å². The molecule has 2 unspecified atom stereocenters. The summed E-state index contributed by atoms with van der Waals surface area (Å²) in [5, 5.41) is 10.2. The number of furan rings is 1. The number of hydrogen-bond donors (Lipinski definition) is 3. The number of alkyl carbamates (subject to hydrolysis) is 1. The van der Waals surface area contributed by atoms with Crippen molar-refractivity contribution in [3.05, 3.63) is 59.2 Å². The molecule has 3 aromatic rings. The highest BCUT2D eigenvalue weighted by Crippen LogP contribution is 2.46. The average molecular weight is 793 g/mol. The van der Waals surface area contributed by atoms with Gasteiger partial charge in [0.15, 0.2) is 5.75 Å². The fourth-order valence-electron chi connectivity index (χ4n) is 7.73. The van der Waals surface area contributed by atoms with E-state index in [-0.39, 0.29) is 31.6 Å². The highest BCUT2D eigenvalue weighted by Gasteiger charge is 2.62. The molecule has 2 aliphatic heterocycles. The molecule has 17 heteroatoms. The van der Waals surface area contributed by atoms with E-state index in [1.807, 2.05) is 18.2 Å². The van der Waals surface area contributed by atoms with Crippen LogP contribution in [0, 0.1) is 5.92 Å². The molecule has 4 amide bonds. The standard InChI is InChI=1S/C39H48N6O10S/c1-38(2,3)55-37(50)41-29-13-9-7-5-6-8-11-23-20-39(23,36(49)43-56(51,52)25-15-16-25)42-33(46)30-19-24(22-44(30)34(29)47)45-35(48)32(53-4)28(21-40-45)26-12-10-14-31-27(26)17-18-54-31/h8,10-12,14,17-18,21,23-25,29-30H,5-7,9,13,15-16,19-20,22H2,1-4H3,(H,41,50)(H,42,46)(H,43,49)/b11-8-/t23-,24?,29+,30+,39?/m1/s1. The van der Waals surface area contributed by atoms with Crippen LogP contribution in [0.3, 0.4) is 0 Å². The summed E-state index contributed by atoms with van der Waals surface area (Å²) in [7, 11) is -2.56. The monoisotopic (exact) mass is 792 g/mol. The molecule has 300 valence electrons. The summed E-state index contributed by atoms with van der Waals surface area (Å²) >= 11 is 0. The van der Waals surface area contributed by atoms with Crippen molar-refractivity contribution in [1.82, 2.24) is 30.0 Å². The lowest BCUT2D eigenvalue weighted by molar-refractivity contribution is -0.141. The Balaban J connectivity index is 1.24. The van der Waals surface area contributed by atoms with Crippen LogP contribution in [0.1, 0.15) is 84.6 Å². The van der Waals surface area contributed by atoms with E-state index in [1.54, 1.807) is 45.2 Å². The molecule has 1 saturated heterocycles. The van der Waals surface area contributed by atoms with Crippen molar-refractivity contribution in [2.45, 2.75) is 113 Å². The number of amides is 4. The number of hydrogen-bond acceptors (Lipinski definition) is 11. The van der Waals surface area contributed by atoms with Gasteiger partial charge in [0.2, 0.25) is 21.8 Å². The zero-order valence-electron chi connectivity index (χ0n) is 31.9. The van der Waals surface area contributed by atoms with Gasteiger partial charge in [-0.2, -0.15) is 5.10 Å². The maximum absolute atomic E-state index is 14.6. The van der Waals surface area contributed by atoms with Crippen molar-refractivity contribution in [3.63, 3.8) is 0 Å². The summed E-state index contributed by atoms with van der Waals surface area (Å²) in [6.07, 6.45) is 9.94. The first kappa shape index (κ1) is 39.1. The first-order valence-corrected chi connectivity index (χ1v) is 20.6. The van der Waals surface area contributed by atoms with Crippen LogP contribution in [0.25, 0.3) is 22.1 Å². The molecule has 16 nitrogen and oxygen atoms in total. The number of sulfonamides is 1. The van der Waals surface area contributed by atoms with Crippen molar-refractivity contribution >= 4 is 44.8 Å². The Kier molecular flexibility index (Phi) is 10.5. The maximum Gasteiger partial charge on any atom is 0.408 e. The van der Waals surface area contributed by atoms with Gasteiger partial charge in [0.1, 0.15) is 28.8 Å². The molecule has 7 rings (SSSR count). The molecule has 4 aliphatic rings. The highest BCUT2D eigenvalue weighted by molar-refractivity contribution is 7.91. The molecule has 56 heavy (non-hydrogen) atoms. The van der Waals surface area contributed by atoms with Gasteiger partial charge in [-0.1, -0.05) is 37.1 Å². The number of fused-ring (bicyclic) bond motifs is 3. The van der Waals surface area contributed by atoms with Crippen LogP contribution in [0.4, 0.5) is 4.79 Å². The van der Waals surface area contributed by atoms with E-state index < -0.39 is 79.8 Å². The van der Waals surface area contributed by atoms with Gasteiger partial charge in [-0.05, 0) is 77.0 Å². The van der Waals surface area contributed by atoms with E-state index in [1.165, 1.54) is 22.9 Å². The number of carbonyl (C=O) groups is 4. The SMILES string of the molecule is COc1c(-c2cccc3occc23)cnn(C2C[C@H]3C(=O)NC4(C(=O)NS(=O)(=O)C5CC5)C[C@H]4/C=C\CCCCC[C@H](NC(=O)OC(C)(C)C)C(=O)N3C2)c1=O. The summed E-state index contributed by atoms with van der Waals surface area (Å²) in [5.41, 5.74) is -1.31. The van der Waals surface area contributed by atoms with Gasteiger partial charge < -0.3 is 29.4 Å². The molecule has 0 spiro atoms. The van der Waals surface area contributed by atoms with Crippen molar-refractivity contribution < 1.29 is 41.5 Å². The summed E-state index contributed by atoms with van der Waals surface area (Å²) in [6.45, 7) is 4.97. The lowest BCUT2D eigenvalue weighted by Crippen LogP contribution is -2.58. The third-order valence-electron chi connectivity index (χ3n) is 10.8. The molecule has 4 heterocycles. The molecule has 3 N–H and O–H groups in total. The average Bonchev–Trinajstić information content (AvgIpc) is 4.01. The molecule has 3 fully saturated rings. The minimum atomic E-state index is -3.93. The van der Waals surface area contributed by atoms with Crippen LogP contribution in [0.15, 0.2) is 58.1 Å². The van der Waals surface area contributed by atoms with E-state index in [0.29, 0.717) is 42.4 Å². The number of benzene rings is 1. The summed E-state index contributed by atoms with van der Waals surface area (Å²) < 4.78 is 45.8. The van der Waals surface area contributed by atoms with E-state index in [9.17, 15) is 32.4 Å². The van der Waals surface area contributed by atoms with Gasteiger partial charge in [-0.15, -0.1) is 0 Å². The third-order valence-corrected chi connectivity index (χ3v) is 12.7. The van der Waals surface area contributed by atoms with Crippen LogP contribution >= 0.6 is 0 Å². The van der Waals surface area contributed by atoms with Gasteiger partial charge in [0.25, 0.3) is 5.91 Å². The van der Waals surface area contributed by atoms with Gasteiger partial charge in [-0.3, -0.25) is 23.9 Å². The molecular formula is C39H48N6O10S. The Morgan fingerprint density at radius 2 is 1.84 bits per heavy atom. The molecule has 0 radical (unpaired) electrons. The molecule has 0 bridgehead atoms. The Morgan fingerprint density at radius 1 is 1.05 bits per heavy atom. The van der Waals surface area contributed by atoms with Crippen LogP contribution in [0.5, 0.6) is 5.75 Å². The maximum atomic E-state index is 14.6. The smallest absolute Gasteiger partial charge is 0.408 e. The fourth-order valence-corrected chi connectivity index (χ4v) is 9.10. The number of aromatic nitrogens is 2.